The maximum absolute atomic E-state index is 12.1. The second-order valence-corrected chi connectivity index (χ2v) is 5.94. The van der Waals surface area contributed by atoms with Crippen LogP contribution in [0.1, 0.15) is 37.7 Å². The van der Waals surface area contributed by atoms with Gasteiger partial charge >= 0.3 is 0 Å². The molecule has 1 aromatic carbocycles. The normalized spacial score (nSPS) is 27.5. The van der Waals surface area contributed by atoms with Crippen molar-refractivity contribution in [3.05, 3.63) is 35.9 Å². The van der Waals surface area contributed by atoms with Crippen LogP contribution in [-0.2, 0) is 4.79 Å². The van der Waals surface area contributed by atoms with Crippen molar-refractivity contribution in [2.45, 2.75) is 32.1 Å². The fourth-order valence-electron chi connectivity index (χ4n) is 3.00. The summed E-state index contributed by atoms with van der Waals surface area (Å²) in [4.78, 5) is 14.2. The van der Waals surface area contributed by atoms with E-state index >= 15 is 0 Å². The molecule has 0 N–H and O–H groups in total. The summed E-state index contributed by atoms with van der Waals surface area (Å²) in [5.74, 6) is 2.18. The van der Waals surface area contributed by atoms with Crippen LogP contribution in [0.2, 0.25) is 0 Å². The minimum Gasteiger partial charge on any atom is -0.342 e. The fourth-order valence-corrected chi connectivity index (χ4v) is 3.00. The second kappa shape index (κ2) is 4.75. The van der Waals surface area contributed by atoms with Gasteiger partial charge in [0, 0.05) is 25.4 Å². The third-order valence-electron chi connectivity index (χ3n) is 4.35. The highest BCUT2D eigenvalue weighted by Gasteiger charge is 2.35. The molecule has 2 heteroatoms. The Kier molecular flexibility index (Phi) is 3.11. The molecule has 1 aliphatic carbocycles. The third kappa shape index (κ3) is 2.43. The van der Waals surface area contributed by atoms with Gasteiger partial charge in [0.05, 0.1) is 0 Å². The zero-order chi connectivity index (χ0) is 12.5. The van der Waals surface area contributed by atoms with Gasteiger partial charge in [0.25, 0.3) is 0 Å². The number of hydrogen-bond acceptors (Lipinski definition) is 1. The Hall–Kier alpha value is -1.31. The van der Waals surface area contributed by atoms with Crippen LogP contribution in [0, 0.1) is 11.8 Å². The molecule has 2 aliphatic rings. The second-order valence-electron chi connectivity index (χ2n) is 5.94. The van der Waals surface area contributed by atoms with Crippen LogP contribution in [0.25, 0.3) is 0 Å². The minimum atomic E-state index is 0.378. The van der Waals surface area contributed by atoms with Crippen molar-refractivity contribution in [1.82, 2.24) is 4.90 Å². The standard InChI is InChI=1S/C16H21NO/c1-12-10-17(16(18)9-13-7-8-13)11-15(12)14-5-3-2-4-6-14/h2-6,12-13,15H,7-11H2,1H3/t12-,15?/m0/s1. The first kappa shape index (κ1) is 11.8. The lowest BCUT2D eigenvalue weighted by Gasteiger charge is -2.16. The van der Waals surface area contributed by atoms with Crippen LogP contribution in [0.3, 0.4) is 0 Å². The van der Waals surface area contributed by atoms with Gasteiger partial charge in [0.15, 0.2) is 0 Å². The van der Waals surface area contributed by atoms with Crippen molar-refractivity contribution >= 4 is 5.91 Å². The van der Waals surface area contributed by atoms with E-state index in [9.17, 15) is 4.79 Å². The zero-order valence-electron chi connectivity index (χ0n) is 11.0. The monoisotopic (exact) mass is 243 g/mol. The predicted octanol–water partition coefficient (Wildman–Crippen LogP) is 3.05. The van der Waals surface area contributed by atoms with Crippen LogP contribution in [0.4, 0.5) is 0 Å². The first-order valence-corrected chi connectivity index (χ1v) is 7.07. The van der Waals surface area contributed by atoms with Crippen LogP contribution in [-0.4, -0.2) is 23.9 Å². The Bertz CT molecular complexity index is 424. The molecule has 1 amide bonds. The molecule has 1 unspecified atom stereocenters. The Morgan fingerprint density at radius 1 is 1.22 bits per heavy atom. The van der Waals surface area contributed by atoms with E-state index < -0.39 is 0 Å². The van der Waals surface area contributed by atoms with E-state index in [4.69, 9.17) is 0 Å². The number of hydrogen-bond donors (Lipinski definition) is 0. The first-order chi connectivity index (χ1) is 8.74. The van der Waals surface area contributed by atoms with Crippen molar-refractivity contribution < 1.29 is 4.79 Å². The van der Waals surface area contributed by atoms with Crippen LogP contribution >= 0.6 is 0 Å². The van der Waals surface area contributed by atoms with Crippen molar-refractivity contribution in [1.29, 1.82) is 0 Å². The average molecular weight is 243 g/mol. The van der Waals surface area contributed by atoms with E-state index in [-0.39, 0.29) is 0 Å². The van der Waals surface area contributed by atoms with Gasteiger partial charge in [-0.25, -0.2) is 0 Å². The SMILES string of the molecule is C[C@H]1CN(C(=O)CC2CC2)CC1c1ccccc1. The summed E-state index contributed by atoms with van der Waals surface area (Å²) in [6.07, 6.45) is 3.31. The van der Waals surface area contributed by atoms with E-state index in [1.807, 2.05) is 0 Å². The fraction of sp³-hybridized carbons (Fsp3) is 0.562. The van der Waals surface area contributed by atoms with Gasteiger partial charge in [-0.1, -0.05) is 37.3 Å². The topological polar surface area (TPSA) is 20.3 Å². The predicted molar refractivity (Wildman–Crippen MR) is 72.3 cm³/mol. The molecule has 2 fully saturated rings. The van der Waals surface area contributed by atoms with Crippen molar-refractivity contribution in [3.8, 4) is 0 Å². The van der Waals surface area contributed by atoms with E-state index in [0.717, 1.165) is 19.5 Å². The van der Waals surface area contributed by atoms with E-state index in [2.05, 4.69) is 42.2 Å². The Morgan fingerprint density at radius 2 is 1.94 bits per heavy atom. The number of benzene rings is 1. The lowest BCUT2D eigenvalue weighted by atomic mass is 9.90. The molecule has 2 nitrogen and oxygen atoms in total. The Labute approximate surface area is 109 Å². The number of amides is 1. The molecule has 1 saturated carbocycles. The molecule has 0 aromatic heterocycles. The number of likely N-dealkylation sites (tertiary alicyclic amines) is 1. The molecule has 2 atom stereocenters. The molecule has 3 rings (SSSR count). The van der Waals surface area contributed by atoms with E-state index in [0.29, 0.717) is 23.7 Å². The number of rotatable bonds is 3. The van der Waals surface area contributed by atoms with Crippen molar-refractivity contribution in [2.24, 2.45) is 11.8 Å². The third-order valence-corrected chi connectivity index (χ3v) is 4.35. The summed E-state index contributed by atoms with van der Waals surface area (Å²) in [6, 6.07) is 10.6. The largest absolute Gasteiger partial charge is 0.342 e. The molecule has 1 heterocycles. The summed E-state index contributed by atoms with van der Waals surface area (Å²) in [6.45, 7) is 4.11. The quantitative estimate of drug-likeness (QED) is 0.799. The molecule has 0 bridgehead atoms. The summed E-state index contributed by atoms with van der Waals surface area (Å²) in [5.41, 5.74) is 1.38. The van der Waals surface area contributed by atoms with Gasteiger partial charge in [0.2, 0.25) is 5.91 Å². The molecule has 1 saturated heterocycles. The molecule has 96 valence electrons. The molecule has 1 aromatic rings. The smallest absolute Gasteiger partial charge is 0.222 e. The maximum atomic E-state index is 12.1. The van der Waals surface area contributed by atoms with E-state index in [1.54, 1.807) is 0 Å². The van der Waals surface area contributed by atoms with Gasteiger partial charge in [-0.3, -0.25) is 4.79 Å². The average Bonchev–Trinajstić information content (AvgIpc) is 3.10. The molecule has 18 heavy (non-hydrogen) atoms. The highest BCUT2D eigenvalue weighted by atomic mass is 16.2. The Balaban J connectivity index is 1.66. The Morgan fingerprint density at radius 3 is 2.61 bits per heavy atom. The molecular weight excluding hydrogens is 222 g/mol. The molecule has 1 aliphatic heterocycles. The van der Waals surface area contributed by atoms with Crippen LogP contribution in [0.15, 0.2) is 30.3 Å². The van der Waals surface area contributed by atoms with Gasteiger partial charge < -0.3 is 4.90 Å². The lowest BCUT2D eigenvalue weighted by Crippen LogP contribution is -2.28. The van der Waals surface area contributed by atoms with Crippen LogP contribution < -0.4 is 0 Å². The zero-order valence-corrected chi connectivity index (χ0v) is 11.0. The van der Waals surface area contributed by atoms with Crippen LogP contribution in [0.5, 0.6) is 0 Å². The highest BCUT2D eigenvalue weighted by molar-refractivity contribution is 5.77. The summed E-state index contributed by atoms with van der Waals surface area (Å²) < 4.78 is 0. The number of nitrogens with zero attached hydrogens (tertiary/aromatic N) is 1. The summed E-state index contributed by atoms with van der Waals surface area (Å²) >= 11 is 0. The van der Waals surface area contributed by atoms with Gasteiger partial charge in [-0.2, -0.15) is 0 Å². The summed E-state index contributed by atoms with van der Waals surface area (Å²) in [5, 5.41) is 0. The lowest BCUT2D eigenvalue weighted by molar-refractivity contribution is -0.130. The molecule has 0 spiro atoms. The van der Waals surface area contributed by atoms with Gasteiger partial charge in [0.1, 0.15) is 0 Å². The maximum Gasteiger partial charge on any atom is 0.222 e. The van der Waals surface area contributed by atoms with Gasteiger partial charge in [-0.05, 0) is 30.2 Å². The summed E-state index contributed by atoms with van der Waals surface area (Å²) in [7, 11) is 0. The van der Waals surface area contributed by atoms with E-state index in [1.165, 1.54) is 18.4 Å². The van der Waals surface area contributed by atoms with Crippen molar-refractivity contribution in [2.75, 3.05) is 13.1 Å². The molecular formula is C16H21NO. The van der Waals surface area contributed by atoms with Gasteiger partial charge in [-0.15, -0.1) is 0 Å². The highest BCUT2D eigenvalue weighted by Crippen LogP contribution is 2.36. The van der Waals surface area contributed by atoms with Crippen molar-refractivity contribution in [3.63, 3.8) is 0 Å². The number of carbonyl (C=O) groups is 1. The molecule has 0 radical (unpaired) electrons. The minimum absolute atomic E-state index is 0.378. The first-order valence-electron chi connectivity index (χ1n) is 7.07. The number of carbonyl (C=O) groups excluding carboxylic acids is 1.